The molecule has 0 unspecified atom stereocenters. The van der Waals surface area contributed by atoms with Crippen LogP contribution in [-0.2, 0) is 0 Å². The average molecular weight is 292 g/mol. The number of benzene rings is 3. The van der Waals surface area contributed by atoms with Crippen LogP contribution in [0.5, 0.6) is 11.5 Å². The van der Waals surface area contributed by atoms with Crippen molar-refractivity contribution >= 4 is 22.1 Å². The number of ether oxygens (including phenoxy) is 1. The van der Waals surface area contributed by atoms with Crippen LogP contribution in [0, 0.1) is 6.92 Å². The molecule has 0 heterocycles. The van der Waals surface area contributed by atoms with Crippen LogP contribution in [0.1, 0.15) is 5.56 Å². The van der Waals surface area contributed by atoms with Gasteiger partial charge in [0.25, 0.3) is 0 Å². The Hall–Kier alpha value is -2.88. The van der Waals surface area contributed by atoms with E-state index in [1.54, 1.807) is 19.2 Å². The molecule has 22 heavy (non-hydrogen) atoms. The lowest BCUT2D eigenvalue weighted by Crippen LogP contribution is -1.83. The number of hydrogen-bond acceptors (Lipinski definition) is 4. The number of hydrogen-bond donors (Lipinski definition) is 1. The molecule has 0 aliphatic carbocycles. The van der Waals surface area contributed by atoms with E-state index in [0.717, 1.165) is 16.3 Å². The normalized spacial score (nSPS) is 11.2. The van der Waals surface area contributed by atoms with Crippen LogP contribution in [-0.4, -0.2) is 12.2 Å². The van der Waals surface area contributed by atoms with Gasteiger partial charge in [-0.1, -0.05) is 30.3 Å². The van der Waals surface area contributed by atoms with Crippen molar-refractivity contribution in [3.63, 3.8) is 0 Å². The fourth-order valence-electron chi connectivity index (χ4n) is 2.34. The van der Waals surface area contributed by atoms with Crippen molar-refractivity contribution < 1.29 is 9.84 Å². The summed E-state index contributed by atoms with van der Waals surface area (Å²) in [5.74, 6) is 0.917. The van der Waals surface area contributed by atoms with Gasteiger partial charge in [0.05, 0.1) is 12.8 Å². The van der Waals surface area contributed by atoms with Crippen LogP contribution >= 0.6 is 0 Å². The van der Waals surface area contributed by atoms with Gasteiger partial charge in [-0.2, -0.15) is 0 Å². The molecule has 1 N–H and O–H groups in total. The molecule has 3 aromatic rings. The molecule has 3 aromatic carbocycles. The van der Waals surface area contributed by atoms with Crippen molar-refractivity contribution in [3.05, 3.63) is 60.2 Å². The summed E-state index contributed by atoms with van der Waals surface area (Å²) < 4.78 is 5.30. The Kier molecular flexibility index (Phi) is 3.74. The molecule has 4 nitrogen and oxygen atoms in total. The zero-order chi connectivity index (χ0) is 15.5. The SMILES string of the molecule is COc1ccc(C)cc1N=Nc1ccc(O)c2ccccc12. The molecule has 0 aliphatic rings. The van der Waals surface area contributed by atoms with Crippen molar-refractivity contribution in [3.8, 4) is 11.5 Å². The van der Waals surface area contributed by atoms with Crippen LogP contribution < -0.4 is 4.74 Å². The van der Waals surface area contributed by atoms with Crippen LogP contribution in [0.25, 0.3) is 10.8 Å². The fourth-order valence-corrected chi connectivity index (χ4v) is 2.34. The molecule has 0 radical (unpaired) electrons. The average Bonchev–Trinajstić information content (AvgIpc) is 2.55. The Morgan fingerprint density at radius 2 is 1.59 bits per heavy atom. The highest BCUT2D eigenvalue weighted by molar-refractivity contribution is 5.96. The van der Waals surface area contributed by atoms with Gasteiger partial charge in [0.1, 0.15) is 17.2 Å². The zero-order valence-corrected chi connectivity index (χ0v) is 12.4. The van der Waals surface area contributed by atoms with E-state index in [4.69, 9.17) is 4.74 Å². The molecule has 0 bridgehead atoms. The summed E-state index contributed by atoms with van der Waals surface area (Å²) in [5.41, 5.74) is 2.47. The zero-order valence-electron chi connectivity index (χ0n) is 12.4. The maximum absolute atomic E-state index is 9.91. The lowest BCUT2D eigenvalue weighted by Gasteiger charge is -2.05. The minimum atomic E-state index is 0.239. The molecule has 0 aliphatic heterocycles. The summed E-state index contributed by atoms with van der Waals surface area (Å²) in [6.45, 7) is 1.99. The Bertz CT molecular complexity index is 857. The van der Waals surface area contributed by atoms with Crippen molar-refractivity contribution in [2.45, 2.75) is 6.92 Å². The monoisotopic (exact) mass is 292 g/mol. The molecule has 4 heteroatoms. The number of phenols is 1. The van der Waals surface area contributed by atoms with Crippen molar-refractivity contribution in [1.29, 1.82) is 0 Å². The molecule has 0 aromatic heterocycles. The Morgan fingerprint density at radius 1 is 0.864 bits per heavy atom. The quantitative estimate of drug-likeness (QED) is 0.668. The third-order valence-corrected chi connectivity index (χ3v) is 3.48. The first-order valence-electron chi connectivity index (χ1n) is 6.96. The first-order chi connectivity index (χ1) is 10.7. The molecule has 3 rings (SSSR count). The number of aromatic hydroxyl groups is 1. The van der Waals surface area contributed by atoms with Crippen LogP contribution in [0.2, 0.25) is 0 Å². The first-order valence-corrected chi connectivity index (χ1v) is 6.96. The van der Waals surface area contributed by atoms with E-state index in [0.29, 0.717) is 17.1 Å². The number of aryl methyl sites for hydroxylation is 1. The molecule has 0 amide bonds. The summed E-state index contributed by atoms with van der Waals surface area (Å²) >= 11 is 0. The van der Waals surface area contributed by atoms with Crippen LogP contribution in [0.15, 0.2) is 64.8 Å². The van der Waals surface area contributed by atoms with E-state index in [1.807, 2.05) is 49.4 Å². The minimum Gasteiger partial charge on any atom is -0.507 e. The summed E-state index contributed by atoms with van der Waals surface area (Å²) in [7, 11) is 1.61. The van der Waals surface area contributed by atoms with E-state index in [-0.39, 0.29) is 5.75 Å². The van der Waals surface area contributed by atoms with Gasteiger partial charge in [0, 0.05) is 10.8 Å². The van der Waals surface area contributed by atoms with Crippen LogP contribution in [0.3, 0.4) is 0 Å². The third kappa shape index (κ3) is 2.63. The molecule has 0 fully saturated rings. The second kappa shape index (κ2) is 5.85. The van der Waals surface area contributed by atoms with Crippen molar-refractivity contribution in [1.82, 2.24) is 0 Å². The summed E-state index contributed by atoms with van der Waals surface area (Å²) in [6.07, 6.45) is 0. The maximum atomic E-state index is 9.91. The van der Waals surface area contributed by atoms with Crippen molar-refractivity contribution in [2.75, 3.05) is 7.11 Å². The number of azo groups is 1. The van der Waals surface area contributed by atoms with Gasteiger partial charge in [0.15, 0.2) is 0 Å². The van der Waals surface area contributed by atoms with Gasteiger partial charge in [0.2, 0.25) is 0 Å². The predicted molar refractivity (Wildman–Crippen MR) is 87.5 cm³/mol. The van der Waals surface area contributed by atoms with Gasteiger partial charge in [-0.25, -0.2) is 0 Å². The predicted octanol–water partition coefficient (Wildman–Crippen LogP) is 5.28. The van der Waals surface area contributed by atoms with E-state index in [2.05, 4.69) is 10.2 Å². The molecule has 0 saturated carbocycles. The van der Waals surface area contributed by atoms with Gasteiger partial charge in [-0.15, -0.1) is 10.2 Å². The van der Waals surface area contributed by atoms with E-state index in [9.17, 15) is 5.11 Å². The van der Waals surface area contributed by atoms with Gasteiger partial charge in [-0.3, -0.25) is 0 Å². The molecular weight excluding hydrogens is 276 g/mol. The number of rotatable bonds is 3. The molecule has 0 saturated heterocycles. The lowest BCUT2D eigenvalue weighted by atomic mass is 10.1. The summed E-state index contributed by atoms with van der Waals surface area (Å²) in [6, 6.07) is 16.7. The highest BCUT2D eigenvalue weighted by atomic mass is 16.5. The number of methoxy groups -OCH3 is 1. The largest absolute Gasteiger partial charge is 0.507 e. The minimum absolute atomic E-state index is 0.239. The van der Waals surface area contributed by atoms with E-state index >= 15 is 0 Å². The molecule has 0 atom stereocenters. The first kappa shape index (κ1) is 14.1. The number of phenolic OH excluding ortho intramolecular Hbond substituents is 1. The Balaban J connectivity index is 2.07. The maximum Gasteiger partial charge on any atom is 0.146 e. The number of fused-ring (bicyclic) bond motifs is 1. The Labute approximate surface area is 128 Å². The topological polar surface area (TPSA) is 54.2 Å². The summed E-state index contributed by atoms with van der Waals surface area (Å²) in [4.78, 5) is 0. The standard InChI is InChI=1S/C18H16N2O2/c1-12-7-10-18(22-2)16(11-12)20-19-15-8-9-17(21)14-6-4-3-5-13(14)15/h3-11,21H,1-2H3. The third-order valence-electron chi connectivity index (χ3n) is 3.48. The molecule has 110 valence electrons. The highest BCUT2D eigenvalue weighted by Crippen LogP contribution is 2.35. The smallest absolute Gasteiger partial charge is 0.146 e. The lowest BCUT2D eigenvalue weighted by molar-refractivity contribution is 0.415. The number of nitrogens with zero attached hydrogens (tertiary/aromatic N) is 2. The Morgan fingerprint density at radius 3 is 2.36 bits per heavy atom. The second-order valence-electron chi connectivity index (χ2n) is 5.02. The molecule has 0 spiro atoms. The van der Waals surface area contributed by atoms with E-state index in [1.165, 1.54) is 0 Å². The van der Waals surface area contributed by atoms with Gasteiger partial charge >= 0.3 is 0 Å². The highest BCUT2D eigenvalue weighted by Gasteiger charge is 2.05. The van der Waals surface area contributed by atoms with Crippen molar-refractivity contribution in [2.24, 2.45) is 10.2 Å². The van der Waals surface area contributed by atoms with E-state index < -0.39 is 0 Å². The summed E-state index contributed by atoms with van der Waals surface area (Å²) in [5, 5.41) is 20.2. The second-order valence-corrected chi connectivity index (χ2v) is 5.02. The molecular formula is C18H16N2O2. The van der Waals surface area contributed by atoms with Gasteiger partial charge < -0.3 is 9.84 Å². The van der Waals surface area contributed by atoms with Gasteiger partial charge in [-0.05, 0) is 36.8 Å². The fraction of sp³-hybridized carbons (Fsp3) is 0.111. The van der Waals surface area contributed by atoms with Crippen LogP contribution in [0.4, 0.5) is 11.4 Å².